The molecule has 0 aromatic carbocycles. The minimum Gasteiger partial charge on any atom is -0.102 e. The lowest BCUT2D eigenvalue weighted by Crippen LogP contribution is -2.06. The molecule has 0 rings (SSSR count). The molecule has 0 aromatic rings. The molecule has 0 aromatic heterocycles. The number of rotatable bonds is 2. The fourth-order valence-corrected chi connectivity index (χ4v) is 0.927. The summed E-state index contributed by atoms with van der Waals surface area (Å²) in [7, 11) is 0. The maximum Gasteiger partial charge on any atom is 0.0258 e. The second-order valence-electron chi connectivity index (χ2n) is 2.94. The van der Waals surface area contributed by atoms with E-state index < -0.39 is 0 Å². The highest BCUT2D eigenvalue weighted by atomic mass is 14.1. The van der Waals surface area contributed by atoms with Crippen LogP contribution in [0.5, 0.6) is 0 Å². The Balaban J connectivity index is 3.80. The van der Waals surface area contributed by atoms with Gasteiger partial charge in [0.25, 0.3) is 0 Å². The molecule has 0 saturated heterocycles. The second-order valence-corrected chi connectivity index (χ2v) is 2.94. The number of hydrogen-bond donors (Lipinski definition) is 0. The predicted octanol–water partition coefficient (Wildman–Crippen LogP) is 2.65. The van der Waals surface area contributed by atoms with Gasteiger partial charge in [0.2, 0.25) is 0 Å². The van der Waals surface area contributed by atoms with Crippen LogP contribution in [0, 0.1) is 24.2 Å². The van der Waals surface area contributed by atoms with E-state index in [1.54, 1.807) is 0 Å². The van der Waals surface area contributed by atoms with E-state index in [-0.39, 0.29) is 5.41 Å². The molecule has 0 aliphatic rings. The second kappa shape index (κ2) is 3.56. The molecule has 1 radical (unpaired) electrons. The van der Waals surface area contributed by atoms with Crippen molar-refractivity contribution in [3.8, 4) is 11.8 Å². The van der Waals surface area contributed by atoms with Crippen LogP contribution in [0.3, 0.4) is 0 Å². The van der Waals surface area contributed by atoms with Crippen LogP contribution >= 0.6 is 0 Å². The summed E-state index contributed by atoms with van der Waals surface area (Å²) in [6.45, 7) is 9.96. The van der Waals surface area contributed by atoms with Crippen molar-refractivity contribution in [2.24, 2.45) is 5.41 Å². The van der Waals surface area contributed by atoms with Crippen molar-refractivity contribution in [2.45, 2.75) is 33.6 Å². The normalized spacial score (nSPS) is 10.2. The minimum absolute atomic E-state index is 0.177. The highest BCUT2D eigenvalue weighted by Crippen LogP contribution is 2.19. The minimum atomic E-state index is 0.177. The van der Waals surface area contributed by atoms with Crippen LogP contribution in [0.15, 0.2) is 0 Å². The van der Waals surface area contributed by atoms with E-state index in [9.17, 15) is 0 Å². The molecule has 0 heterocycles. The van der Waals surface area contributed by atoms with Crippen molar-refractivity contribution < 1.29 is 0 Å². The van der Waals surface area contributed by atoms with Crippen LogP contribution in [-0.4, -0.2) is 0 Å². The summed E-state index contributed by atoms with van der Waals surface area (Å²) in [5.41, 5.74) is 0.177. The first-order chi connectivity index (χ1) is 4.12. The molecule has 0 bridgehead atoms. The topological polar surface area (TPSA) is 0 Å². The average Bonchev–Trinajstić information content (AvgIpc) is 1.64. The fourth-order valence-electron chi connectivity index (χ4n) is 0.927. The third-order valence-electron chi connectivity index (χ3n) is 1.30. The molecule has 9 heavy (non-hydrogen) atoms. The molecule has 0 spiro atoms. The molecule has 0 aliphatic carbocycles. The monoisotopic (exact) mass is 123 g/mol. The van der Waals surface area contributed by atoms with Crippen LogP contribution in [0.1, 0.15) is 33.6 Å². The van der Waals surface area contributed by atoms with Crippen molar-refractivity contribution in [3.63, 3.8) is 0 Å². The Morgan fingerprint density at radius 3 is 2.33 bits per heavy atom. The van der Waals surface area contributed by atoms with Crippen LogP contribution in [0.4, 0.5) is 0 Å². The molecular weight excluding hydrogens is 108 g/mol. The van der Waals surface area contributed by atoms with Gasteiger partial charge >= 0.3 is 0 Å². The highest BCUT2D eigenvalue weighted by molar-refractivity contribution is 5.10. The Morgan fingerprint density at radius 1 is 1.44 bits per heavy atom. The zero-order valence-electron chi connectivity index (χ0n) is 6.62. The zero-order chi connectivity index (χ0) is 7.33. The first-order valence-corrected chi connectivity index (χ1v) is 3.41. The fraction of sp³-hybridized carbons (Fsp3) is 0.667. The van der Waals surface area contributed by atoms with E-state index in [0.29, 0.717) is 0 Å². The first kappa shape index (κ1) is 8.56. The molecule has 0 saturated carbocycles. The van der Waals surface area contributed by atoms with Gasteiger partial charge in [0.1, 0.15) is 0 Å². The van der Waals surface area contributed by atoms with Gasteiger partial charge in [-0.05, 0) is 20.3 Å². The van der Waals surface area contributed by atoms with E-state index >= 15 is 0 Å². The quantitative estimate of drug-likeness (QED) is 0.495. The van der Waals surface area contributed by atoms with E-state index in [1.165, 1.54) is 6.42 Å². The number of hydrogen-bond acceptors (Lipinski definition) is 0. The molecule has 0 atom stereocenters. The van der Waals surface area contributed by atoms with Crippen molar-refractivity contribution in [2.75, 3.05) is 0 Å². The predicted molar refractivity (Wildman–Crippen MR) is 41.8 cm³/mol. The van der Waals surface area contributed by atoms with Crippen molar-refractivity contribution in [1.29, 1.82) is 0 Å². The van der Waals surface area contributed by atoms with Crippen LogP contribution in [-0.2, 0) is 0 Å². The lowest BCUT2D eigenvalue weighted by atomic mass is 9.89. The van der Waals surface area contributed by atoms with Gasteiger partial charge < -0.3 is 0 Å². The van der Waals surface area contributed by atoms with Gasteiger partial charge in [-0.3, -0.25) is 0 Å². The molecule has 0 amide bonds. The maximum atomic E-state index is 3.49. The molecule has 0 N–H and O–H groups in total. The lowest BCUT2D eigenvalue weighted by molar-refractivity contribution is 0.452. The standard InChI is InChI=1S/C9H15/c1-5-7-9(3,4)8-6-2/h1,6,8H2,2-4H3. The zero-order valence-corrected chi connectivity index (χ0v) is 6.62. The van der Waals surface area contributed by atoms with Gasteiger partial charge in [-0.2, -0.15) is 0 Å². The van der Waals surface area contributed by atoms with Gasteiger partial charge in [0.15, 0.2) is 0 Å². The van der Waals surface area contributed by atoms with Crippen molar-refractivity contribution >= 4 is 0 Å². The Bertz CT molecular complexity index is 121. The average molecular weight is 123 g/mol. The van der Waals surface area contributed by atoms with Crippen molar-refractivity contribution in [3.05, 3.63) is 6.92 Å². The molecule has 0 aliphatic heterocycles. The molecule has 51 valence electrons. The van der Waals surface area contributed by atoms with E-state index in [2.05, 4.69) is 39.5 Å². The summed E-state index contributed by atoms with van der Waals surface area (Å²) >= 11 is 0. The summed E-state index contributed by atoms with van der Waals surface area (Å²) < 4.78 is 0. The van der Waals surface area contributed by atoms with Crippen LogP contribution < -0.4 is 0 Å². The van der Waals surface area contributed by atoms with Crippen LogP contribution in [0.25, 0.3) is 0 Å². The van der Waals surface area contributed by atoms with Gasteiger partial charge in [0, 0.05) is 12.3 Å². The van der Waals surface area contributed by atoms with E-state index in [0.717, 1.165) is 6.42 Å². The maximum absolute atomic E-state index is 3.49. The third kappa shape index (κ3) is 4.09. The lowest BCUT2D eigenvalue weighted by Gasteiger charge is -2.14. The van der Waals surface area contributed by atoms with Gasteiger partial charge in [-0.1, -0.05) is 19.3 Å². The summed E-state index contributed by atoms with van der Waals surface area (Å²) in [5, 5.41) is 0. The van der Waals surface area contributed by atoms with Gasteiger partial charge in [-0.25, -0.2) is 0 Å². The largest absolute Gasteiger partial charge is 0.102 e. The molecular formula is C9H15. The molecule has 0 unspecified atom stereocenters. The first-order valence-electron chi connectivity index (χ1n) is 3.41. The van der Waals surface area contributed by atoms with Gasteiger partial charge in [-0.15, -0.1) is 5.92 Å². The Labute approximate surface area is 58.7 Å². The summed E-state index contributed by atoms with van der Waals surface area (Å²) in [5.74, 6) is 5.75. The van der Waals surface area contributed by atoms with Crippen LogP contribution in [0.2, 0.25) is 0 Å². The van der Waals surface area contributed by atoms with Gasteiger partial charge in [0.05, 0.1) is 0 Å². The summed E-state index contributed by atoms with van der Waals surface area (Å²) in [6, 6.07) is 0. The highest BCUT2D eigenvalue weighted by Gasteiger charge is 2.10. The summed E-state index contributed by atoms with van der Waals surface area (Å²) in [6.07, 6.45) is 2.36. The van der Waals surface area contributed by atoms with E-state index in [4.69, 9.17) is 0 Å². The van der Waals surface area contributed by atoms with E-state index in [1.807, 2.05) is 0 Å². The Kier molecular flexibility index (Phi) is 3.39. The Hall–Kier alpha value is -0.440. The smallest absolute Gasteiger partial charge is 0.0258 e. The summed E-state index contributed by atoms with van der Waals surface area (Å²) in [4.78, 5) is 0. The molecule has 0 nitrogen and oxygen atoms in total. The molecule has 0 fully saturated rings. The molecule has 0 heteroatoms. The SMILES string of the molecule is [CH2]C#CC(C)(C)CCC. The van der Waals surface area contributed by atoms with Crippen molar-refractivity contribution in [1.82, 2.24) is 0 Å². The third-order valence-corrected chi connectivity index (χ3v) is 1.30. The Morgan fingerprint density at radius 2 is 2.00 bits per heavy atom.